The first-order chi connectivity index (χ1) is 12.4. The van der Waals surface area contributed by atoms with Crippen LogP contribution in [-0.4, -0.2) is 42.8 Å². The summed E-state index contributed by atoms with van der Waals surface area (Å²) in [6.07, 6.45) is -0.0835. The van der Waals surface area contributed by atoms with E-state index in [1.54, 1.807) is 17.9 Å². The summed E-state index contributed by atoms with van der Waals surface area (Å²) in [6.45, 7) is 11.3. The van der Waals surface area contributed by atoms with Crippen molar-refractivity contribution in [2.45, 2.75) is 59.0 Å². The zero-order chi connectivity index (χ0) is 20.4. The highest BCUT2D eigenvalue weighted by Crippen LogP contribution is 2.39. The van der Waals surface area contributed by atoms with Crippen molar-refractivity contribution in [3.05, 3.63) is 27.7 Å². The molecule has 0 spiro atoms. The fourth-order valence-electron chi connectivity index (χ4n) is 3.12. The van der Waals surface area contributed by atoms with Crippen LogP contribution in [0.25, 0.3) is 0 Å². The van der Waals surface area contributed by atoms with Gasteiger partial charge in [-0.2, -0.15) is 0 Å². The second-order valence-electron chi connectivity index (χ2n) is 8.01. The summed E-state index contributed by atoms with van der Waals surface area (Å²) in [7, 11) is 0. The topological polar surface area (TPSA) is 32.8 Å². The van der Waals surface area contributed by atoms with Gasteiger partial charge in [-0.15, -0.1) is 0 Å². The number of rotatable bonds is 4. The van der Waals surface area contributed by atoms with Gasteiger partial charge in [0.05, 0.1) is 0 Å². The second kappa shape index (κ2) is 8.33. The molecular weight excluding hydrogens is 418 g/mol. The summed E-state index contributed by atoms with van der Waals surface area (Å²) in [5, 5.41) is 0. The standard InChI is InChI=1S/C20H29BrF2N2O2/c1-6-7-20(22,23)15-12-16(21)14(2)17(13-15)24-8-10-25(11-9-24)18(26)27-19(3,4)5/h12-13H,6-11H2,1-5H3. The molecule has 2 rings (SSSR count). The van der Waals surface area contributed by atoms with Crippen LogP contribution in [0.15, 0.2) is 16.6 Å². The maximum Gasteiger partial charge on any atom is 0.410 e. The van der Waals surface area contributed by atoms with Crippen LogP contribution in [0.2, 0.25) is 0 Å². The fraction of sp³-hybridized carbons (Fsp3) is 0.650. The third-order valence-electron chi connectivity index (χ3n) is 4.58. The van der Waals surface area contributed by atoms with Gasteiger partial charge in [0, 0.05) is 48.3 Å². The molecule has 0 radical (unpaired) electrons. The summed E-state index contributed by atoms with van der Waals surface area (Å²) >= 11 is 3.43. The van der Waals surface area contributed by atoms with E-state index in [0.717, 1.165) is 11.3 Å². The van der Waals surface area contributed by atoms with E-state index in [-0.39, 0.29) is 18.1 Å². The van der Waals surface area contributed by atoms with Crippen molar-refractivity contribution < 1.29 is 18.3 Å². The molecule has 27 heavy (non-hydrogen) atoms. The number of piperazine rings is 1. The van der Waals surface area contributed by atoms with Crippen LogP contribution in [0, 0.1) is 6.92 Å². The summed E-state index contributed by atoms with van der Waals surface area (Å²) < 4.78 is 35.0. The smallest absolute Gasteiger partial charge is 0.410 e. The third-order valence-corrected chi connectivity index (χ3v) is 5.40. The average Bonchev–Trinajstić information content (AvgIpc) is 2.55. The summed E-state index contributed by atoms with van der Waals surface area (Å²) in [6, 6.07) is 3.12. The lowest BCUT2D eigenvalue weighted by Gasteiger charge is -2.37. The lowest BCUT2D eigenvalue weighted by atomic mass is 10.0. The Bertz CT molecular complexity index is 681. The van der Waals surface area contributed by atoms with Gasteiger partial charge in [-0.25, -0.2) is 13.6 Å². The molecule has 1 heterocycles. The van der Waals surface area contributed by atoms with Crippen molar-refractivity contribution in [3.63, 3.8) is 0 Å². The van der Waals surface area contributed by atoms with Crippen LogP contribution < -0.4 is 4.90 Å². The number of nitrogens with zero attached hydrogens (tertiary/aromatic N) is 2. The van der Waals surface area contributed by atoms with Gasteiger partial charge in [-0.1, -0.05) is 29.3 Å². The van der Waals surface area contributed by atoms with Crippen molar-refractivity contribution in [2.75, 3.05) is 31.1 Å². The Kier molecular flexibility index (Phi) is 6.77. The molecular formula is C20H29BrF2N2O2. The van der Waals surface area contributed by atoms with Crippen molar-refractivity contribution in [1.82, 2.24) is 4.90 Å². The highest BCUT2D eigenvalue weighted by molar-refractivity contribution is 9.10. The molecule has 4 nitrogen and oxygen atoms in total. The van der Waals surface area contributed by atoms with Gasteiger partial charge in [0.15, 0.2) is 0 Å². The Balaban J connectivity index is 2.16. The van der Waals surface area contributed by atoms with E-state index in [1.165, 1.54) is 6.07 Å². The van der Waals surface area contributed by atoms with E-state index in [4.69, 9.17) is 4.74 Å². The molecule has 1 aromatic carbocycles. The number of benzene rings is 1. The van der Waals surface area contributed by atoms with E-state index in [1.807, 2.05) is 27.7 Å². The van der Waals surface area contributed by atoms with E-state index in [2.05, 4.69) is 20.8 Å². The lowest BCUT2D eigenvalue weighted by molar-refractivity contribution is -0.0140. The number of halogens is 3. The average molecular weight is 447 g/mol. The second-order valence-corrected chi connectivity index (χ2v) is 8.87. The molecule has 0 bridgehead atoms. The van der Waals surface area contributed by atoms with Crippen LogP contribution in [0.1, 0.15) is 51.7 Å². The van der Waals surface area contributed by atoms with Crippen LogP contribution in [0.4, 0.5) is 19.3 Å². The highest BCUT2D eigenvalue weighted by atomic mass is 79.9. The van der Waals surface area contributed by atoms with Crippen LogP contribution in [0.5, 0.6) is 0 Å². The van der Waals surface area contributed by atoms with Crippen molar-refractivity contribution in [2.24, 2.45) is 0 Å². The summed E-state index contributed by atoms with van der Waals surface area (Å²) in [4.78, 5) is 15.9. The number of ether oxygens (including phenoxy) is 1. The molecule has 1 aliphatic heterocycles. The first kappa shape index (κ1) is 21.9. The maximum absolute atomic E-state index is 14.4. The van der Waals surface area contributed by atoms with Crippen molar-refractivity contribution in [1.29, 1.82) is 0 Å². The molecule has 7 heteroatoms. The molecule has 1 aromatic rings. The van der Waals surface area contributed by atoms with E-state index in [9.17, 15) is 13.6 Å². The largest absolute Gasteiger partial charge is 0.444 e. The first-order valence-electron chi connectivity index (χ1n) is 9.36. The van der Waals surface area contributed by atoms with E-state index in [0.29, 0.717) is 37.1 Å². The molecule has 0 aliphatic carbocycles. The number of carbonyl (C=O) groups is 1. The summed E-state index contributed by atoms with van der Waals surface area (Å²) in [5.74, 6) is -2.85. The fourth-order valence-corrected chi connectivity index (χ4v) is 3.57. The van der Waals surface area contributed by atoms with Gasteiger partial charge in [-0.05, 0) is 45.4 Å². The van der Waals surface area contributed by atoms with Crippen LogP contribution in [0.3, 0.4) is 0 Å². The molecule has 1 amide bonds. The van der Waals surface area contributed by atoms with Gasteiger partial charge in [-0.3, -0.25) is 0 Å². The number of amides is 1. The summed E-state index contributed by atoms with van der Waals surface area (Å²) in [5.41, 5.74) is 1.22. The zero-order valence-electron chi connectivity index (χ0n) is 16.7. The number of hydrogen-bond donors (Lipinski definition) is 0. The Labute approximate surface area is 169 Å². The number of anilines is 1. The Hall–Kier alpha value is -1.37. The molecule has 152 valence electrons. The molecule has 0 atom stereocenters. The quantitative estimate of drug-likeness (QED) is 0.593. The number of hydrogen-bond acceptors (Lipinski definition) is 3. The Morgan fingerprint density at radius 3 is 2.30 bits per heavy atom. The van der Waals surface area contributed by atoms with Gasteiger partial charge >= 0.3 is 6.09 Å². The van der Waals surface area contributed by atoms with Gasteiger partial charge < -0.3 is 14.5 Å². The molecule has 0 N–H and O–H groups in total. The zero-order valence-corrected chi connectivity index (χ0v) is 18.3. The monoisotopic (exact) mass is 446 g/mol. The molecule has 1 saturated heterocycles. The first-order valence-corrected chi connectivity index (χ1v) is 10.1. The van der Waals surface area contributed by atoms with Crippen LogP contribution in [-0.2, 0) is 10.7 Å². The number of alkyl halides is 2. The van der Waals surface area contributed by atoms with E-state index < -0.39 is 11.5 Å². The minimum atomic E-state index is -2.85. The Morgan fingerprint density at radius 2 is 1.78 bits per heavy atom. The predicted octanol–water partition coefficient (Wildman–Crippen LogP) is 5.71. The molecule has 0 saturated carbocycles. The SMILES string of the molecule is CCCC(F)(F)c1cc(Br)c(C)c(N2CCN(C(=O)OC(C)(C)C)CC2)c1. The van der Waals surface area contributed by atoms with Crippen molar-refractivity contribution >= 4 is 27.7 Å². The lowest BCUT2D eigenvalue weighted by Crippen LogP contribution is -2.50. The van der Waals surface area contributed by atoms with E-state index >= 15 is 0 Å². The minimum Gasteiger partial charge on any atom is -0.444 e. The predicted molar refractivity (Wildman–Crippen MR) is 108 cm³/mol. The maximum atomic E-state index is 14.4. The molecule has 0 aromatic heterocycles. The van der Waals surface area contributed by atoms with Crippen LogP contribution >= 0.6 is 15.9 Å². The van der Waals surface area contributed by atoms with Gasteiger partial charge in [0.2, 0.25) is 0 Å². The van der Waals surface area contributed by atoms with Gasteiger partial charge in [0.1, 0.15) is 5.60 Å². The Morgan fingerprint density at radius 1 is 1.19 bits per heavy atom. The van der Waals surface area contributed by atoms with Crippen molar-refractivity contribution in [3.8, 4) is 0 Å². The highest BCUT2D eigenvalue weighted by Gasteiger charge is 2.33. The molecule has 1 aliphatic rings. The van der Waals surface area contributed by atoms with Gasteiger partial charge in [0.25, 0.3) is 5.92 Å². The molecule has 1 fully saturated rings. The molecule has 0 unspecified atom stereocenters. The number of carbonyl (C=O) groups excluding carboxylic acids is 1. The minimum absolute atomic E-state index is 0.0337. The third kappa shape index (κ3) is 5.56. The normalized spacial score (nSPS) is 15.9.